The van der Waals surface area contributed by atoms with Gasteiger partial charge in [0.2, 0.25) is 0 Å². The molecule has 3 nitrogen and oxygen atoms in total. The van der Waals surface area contributed by atoms with Gasteiger partial charge in [-0.2, -0.15) is 0 Å². The second kappa shape index (κ2) is 8.39. The highest BCUT2D eigenvalue weighted by molar-refractivity contribution is 4.95. The van der Waals surface area contributed by atoms with E-state index in [4.69, 9.17) is 0 Å². The van der Waals surface area contributed by atoms with E-state index in [1.807, 2.05) is 37.5 Å². The molecule has 0 bridgehead atoms. The molecule has 2 heterocycles. The Morgan fingerprint density at radius 3 is 2.05 bits per heavy atom. The number of likely N-dealkylation sites (N-methyl/N-ethyl adjacent to an activating group) is 1. The molecule has 2 rings (SSSR count). The highest BCUT2D eigenvalue weighted by atomic mass is 19.3. The number of nitrogens with zero attached hydrogens (tertiary/aromatic N) is 3. The average Bonchev–Trinajstić information content (AvgIpc) is 2.48. The molecule has 0 aromatic rings. The molecule has 126 valence electrons. The van der Waals surface area contributed by atoms with E-state index in [0.29, 0.717) is 6.42 Å². The van der Waals surface area contributed by atoms with Crippen LogP contribution in [0.25, 0.3) is 0 Å². The first-order valence-corrected chi connectivity index (χ1v) is 8.52. The van der Waals surface area contributed by atoms with Crippen LogP contribution in [0, 0.1) is 0 Å². The molecule has 0 saturated carbocycles. The number of likely N-dealkylation sites (tertiary alicyclic amines) is 1. The molecule has 0 aromatic carbocycles. The van der Waals surface area contributed by atoms with Gasteiger partial charge in [0, 0.05) is 38.8 Å². The van der Waals surface area contributed by atoms with E-state index in [1.165, 1.54) is 0 Å². The molecule has 2 aliphatic rings. The number of hydrogen-bond acceptors (Lipinski definition) is 3. The third-order valence-corrected chi connectivity index (χ3v) is 4.62. The molecule has 0 aromatic heterocycles. The maximum Gasteiger partial charge on any atom is 0.275 e. The van der Waals surface area contributed by atoms with Crippen molar-refractivity contribution in [3.8, 4) is 0 Å². The Hall–Kier alpha value is -0.260. The van der Waals surface area contributed by atoms with Gasteiger partial charge in [0.05, 0.1) is 12.6 Å². The SMILES string of the molecule is CC.CCN1CCN(C2CCN(C(C)C)CC2(F)F)CC1. The Labute approximate surface area is 129 Å². The Morgan fingerprint density at radius 2 is 1.62 bits per heavy atom. The summed E-state index contributed by atoms with van der Waals surface area (Å²) < 4.78 is 28.7. The minimum absolute atomic E-state index is 0.0800. The van der Waals surface area contributed by atoms with Crippen molar-refractivity contribution in [1.82, 2.24) is 14.7 Å². The van der Waals surface area contributed by atoms with Gasteiger partial charge in [-0.3, -0.25) is 9.80 Å². The lowest BCUT2D eigenvalue weighted by Gasteiger charge is -2.47. The maximum atomic E-state index is 14.3. The van der Waals surface area contributed by atoms with Gasteiger partial charge in [-0.25, -0.2) is 8.78 Å². The molecular formula is C16H33F2N3. The van der Waals surface area contributed by atoms with Crippen LogP contribution in [0.15, 0.2) is 0 Å². The van der Waals surface area contributed by atoms with Crippen molar-refractivity contribution in [2.75, 3.05) is 45.8 Å². The van der Waals surface area contributed by atoms with Crippen LogP contribution >= 0.6 is 0 Å². The fourth-order valence-corrected chi connectivity index (χ4v) is 3.24. The predicted octanol–water partition coefficient (Wildman–Crippen LogP) is 2.77. The molecule has 2 saturated heterocycles. The van der Waals surface area contributed by atoms with Crippen LogP contribution in [0.4, 0.5) is 8.78 Å². The second-order valence-corrected chi connectivity index (χ2v) is 6.10. The third-order valence-electron chi connectivity index (χ3n) is 4.62. The summed E-state index contributed by atoms with van der Waals surface area (Å²) in [6, 6.07) is -0.342. The van der Waals surface area contributed by atoms with Crippen molar-refractivity contribution in [2.24, 2.45) is 0 Å². The van der Waals surface area contributed by atoms with Crippen LogP contribution < -0.4 is 0 Å². The van der Waals surface area contributed by atoms with Crippen molar-refractivity contribution in [3.63, 3.8) is 0 Å². The molecule has 0 spiro atoms. The van der Waals surface area contributed by atoms with Crippen molar-refractivity contribution in [2.45, 2.75) is 59.0 Å². The summed E-state index contributed by atoms with van der Waals surface area (Å²) in [4.78, 5) is 6.25. The molecule has 0 aliphatic carbocycles. The van der Waals surface area contributed by atoms with Crippen molar-refractivity contribution in [3.05, 3.63) is 0 Å². The topological polar surface area (TPSA) is 9.72 Å². The van der Waals surface area contributed by atoms with Gasteiger partial charge < -0.3 is 4.90 Å². The number of rotatable bonds is 3. The molecule has 21 heavy (non-hydrogen) atoms. The molecule has 1 unspecified atom stereocenters. The normalized spacial score (nSPS) is 28.3. The summed E-state index contributed by atoms with van der Waals surface area (Å²) in [6.45, 7) is 15.3. The lowest BCUT2D eigenvalue weighted by molar-refractivity contribution is -0.138. The van der Waals surface area contributed by atoms with Gasteiger partial charge in [-0.1, -0.05) is 20.8 Å². The van der Waals surface area contributed by atoms with Crippen LogP contribution in [0.2, 0.25) is 0 Å². The highest BCUT2D eigenvalue weighted by Crippen LogP contribution is 2.32. The molecule has 1 atom stereocenters. The first-order valence-electron chi connectivity index (χ1n) is 8.52. The quantitative estimate of drug-likeness (QED) is 0.794. The summed E-state index contributed by atoms with van der Waals surface area (Å²) in [5.74, 6) is -2.57. The Kier molecular flexibility index (Phi) is 7.51. The Balaban J connectivity index is 0.00000106. The first kappa shape index (κ1) is 18.8. The lowest BCUT2D eigenvalue weighted by atomic mass is 9.97. The molecular weight excluding hydrogens is 272 g/mol. The number of alkyl halides is 2. The molecule has 2 fully saturated rings. The van der Waals surface area contributed by atoms with E-state index in [0.717, 1.165) is 39.3 Å². The highest BCUT2D eigenvalue weighted by Gasteiger charge is 2.48. The number of halogens is 2. The van der Waals surface area contributed by atoms with E-state index < -0.39 is 12.0 Å². The third kappa shape index (κ3) is 4.86. The van der Waals surface area contributed by atoms with Gasteiger partial charge in [-0.15, -0.1) is 0 Å². The van der Waals surface area contributed by atoms with Crippen molar-refractivity contribution in [1.29, 1.82) is 0 Å². The van der Waals surface area contributed by atoms with E-state index >= 15 is 0 Å². The molecule has 5 heteroatoms. The first-order chi connectivity index (χ1) is 9.94. The van der Waals surface area contributed by atoms with Gasteiger partial charge in [-0.05, 0) is 26.8 Å². The smallest absolute Gasteiger partial charge is 0.275 e. The zero-order valence-electron chi connectivity index (χ0n) is 14.4. The Bertz CT molecular complexity index is 289. The standard InChI is InChI=1S/C14H27F2N3.C2H6/c1-4-17-7-9-18(10-8-17)13-5-6-19(12(2)3)11-14(13,15)16;1-2/h12-13H,4-11H2,1-3H3;1-2H3. The monoisotopic (exact) mass is 305 g/mol. The number of hydrogen-bond donors (Lipinski definition) is 0. The van der Waals surface area contributed by atoms with E-state index in [-0.39, 0.29) is 12.6 Å². The lowest BCUT2D eigenvalue weighted by Crippen LogP contribution is -2.62. The minimum atomic E-state index is -2.57. The largest absolute Gasteiger partial charge is 0.301 e. The van der Waals surface area contributed by atoms with Crippen LogP contribution in [-0.2, 0) is 0 Å². The summed E-state index contributed by atoms with van der Waals surface area (Å²) in [7, 11) is 0. The van der Waals surface area contributed by atoms with Gasteiger partial charge in [0.1, 0.15) is 0 Å². The summed E-state index contributed by atoms with van der Waals surface area (Å²) in [6.07, 6.45) is 0.595. The number of piperidine rings is 1. The average molecular weight is 305 g/mol. The second-order valence-electron chi connectivity index (χ2n) is 6.10. The fraction of sp³-hybridized carbons (Fsp3) is 1.00. The van der Waals surface area contributed by atoms with E-state index in [9.17, 15) is 8.78 Å². The zero-order chi connectivity index (χ0) is 16.0. The molecule has 0 amide bonds. The molecule has 0 radical (unpaired) electrons. The van der Waals surface area contributed by atoms with E-state index in [1.54, 1.807) is 0 Å². The Morgan fingerprint density at radius 1 is 1.05 bits per heavy atom. The summed E-state index contributed by atoms with van der Waals surface area (Å²) >= 11 is 0. The zero-order valence-corrected chi connectivity index (χ0v) is 14.4. The van der Waals surface area contributed by atoms with Gasteiger partial charge in [0.15, 0.2) is 0 Å². The summed E-state index contributed by atoms with van der Waals surface area (Å²) in [5, 5.41) is 0. The van der Waals surface area contributed by atoms with Crippen LogP contribution in [0.1, 0.15) is 41.0 Å². The van der Waals surface area contributed by atoms with Crippen LogP contribution in [-0.4, -0.2) is 78.5 Å². The predicted molar refractivity (Wildman–Crippen MR) is 85.1 cm³/mol. The van der Waals surface area contributed by atoms with Crippen molar-refractivity contribution >= 4 is 0 Å². The number of piperazine rings is 1. The van der Waals surface area contributed by atoms with E-state index in [2.05, 4.69) is 11.8 Å². The fourth-order valence-electron chi connectivity index (χ4n) is 3.24. The maximum absolute atomic E-state index is 14.3. The van der Waals surface area contributed by atoms with Crippen LogP contribution in [0.3, 0.4) is 0 Å². The minimum Gasteiger partial charge on any atom is -0.301 e. The molecule has 0 N–H and O–H groups in total. The molecule has 2 aliphatic heterocycles. The van der Waals surface area contributed by atoms with Crippen molar-refractivity contribution < 1.29 is 8.78 Å². The van der Waals surface area contributed by atoms with Gasteiger partial charge in [0.25, 0.3) is 5.92 Å². The van der Waals surface area contributed by atoms with Crippen LogP contribution in [0.5, 0.6) is 0 Å². The van der Waals surface area contributed by atoms with Gasteiger partial charge >= 0.3 is 0 Å². The summed E-state index contributed by atoms with van der Waals surface area (Å²) in [5.41, 5.74) is 0.